The van der Waals surface area contributed by atoms with Crippen LogP contribution in [0, 0.1) is 5.92 Å². The van der Waals surface area contributed by atoms with Gasteiger partial charge in [0.2, 0.25) is 5.91 Å². The second kappa shape index (κ2) is 7.12. The van der Waals surface area contributed by atoms with E-state index in [-0.39, 0.29) is 12.5 Å². The number of carbonyl (C=O) groups excluding carboxylic acids is 1. The average molecular weight is 231 g/mol. The molecule has 4 heteroatoms. The first-order valence-corrected chi connectivity index (χ1v) is 6.85. The van der Waals surface area contributed by atoms with Crippen LogP contribution in [-0.2, 0) is 4.79 Å². The molecule has 0 heterocycles. The molecule has 1 amide bonds. The molecule has 0 radical (unpaired) electrons. The number of amides is 1. The molecule has 0 unspecified atom stereocenters. The number of hydrogen-bond donors (Lipinski definition) is 2. The predicted molar refractivity (Wildman–Crippen MR) is 64.0 cm³/mol. The van der Waals surface area contributed by atoms with Gasteiger partial charge in [0.25, 0.3) is 0 Å². The largest absolute Gasteiger partial charge is 0.396 e. The zero-order valence-electron chi connectivity index (χ0n) is 9.37. The summed E-state index contributed by atoms with van der Waals surface area (Å²) in [6, 6.07) is 0.392. The molecule has 3 nitrogen and oxygen atoms in total. The van der Waals surface area contributed by atoms with Crippen molar-refractivity contribution >= 4 is 17.7 Å². The molecule has 1 fully saturated rings. The van der Waals surface area contributed by atoms with Crippen LogP contribution in [0.25, 0.3) is 0 Å². The SMILES string of the molecule is CC1CCC(NC(=O)CSCCO)CC1. The summed E-state index contributed by atoms with van der Waals surface area (Å²) < 4.78 is 0. The maximum absolute atomic E-state index is 11.5. The fourth-order valence-electron chi connectivity index (χ4n) is 1.90. The number of carbonyl (C=O) groups is 1. The van der Waals surface area contributed by atoms with Crippen molar-refractivity contribution in [3.63, 3.8) is 0 Å². The van der Waals surface area contributed by atoms with Crippen LogP contribution >= 0.6 is 11.8 Å². The third kappa shape index (κ3) is 5.42. The Bertz CT molecular complexity index is 191. The van der Waals surface area contributed by atoms with E-state index < -0.39 is 0 Å². The van der Waals surface area contributed by atoms with Crippen molar-refractivity contribution in [2.75, 3.05) is 18.1 Å². The zero-order valence-corrected chi connectivity index (χ0v) is 10.2. The fraction of sp³-hybridized carbons (Fsp3) is 0.909. The van der Waals surface area contributed by atoms with E-state index in [9.17, 15) is 4.79 Å². The van der Waals surface area contributed by atoms with Gasteiger partial charge >= 0.3 is 0 Å². The summed E-state index contributed by atoms with van der Waals surface area (Å²) in [5.74, 6) is 2.07. The van der Waals surface area contributed by atoms with Gasteiger partial charge in [0, 0.05) is 11.8 Å². The first-order chi connectivity index (χ1) is 7.22. The maximum atomic E-state index is 11.5. The van der Waals surface area contributed by atoms with Crippen LogP contribution in [0.2, 0.25) is 0 Å². The Labute approximate surface area is 96.0 Å². The van der Waals surface area contributed by atoms with E-state index in [0.29, 0.717) is 17.5 Å². The van der Waals surface area contributed by atoms with Crippen LogP contribution < -0.4 is 5.32 Å². The summed E-state index contributed by atoms with van der Waals surface area (Å²) >= 11 is 1.49. The molecule has 88 valence electrons. The first kappa shape index (κ1) is 12.8. The lowest BCUT2D eigenvalue weighted by Gasteiger charge is -2.26. The van der Waals surface area contributed by atoms with Gasteiger partial charge in [-0.3, -0.25) is 4.79 Å². The van der Waals surface area contributed by atoms with Gasteiger partial charge in [0.1, 0.15) is 0 Å². The van der Waals surface area contributed by atoms with Crippen molar-refractivity contribution in [1.29, 1.82) is 0 Å². The second-order valence-electron chi connectivity index (χ2n) is 4.30. The Balaban J connectivity index is 2.09. The molecule has 2 N–H and O–H groups in total. The summed E-state index contributed by atoms with van der Waals surface area (Å²) in [7, 11) is 0. The van der Waals surface area contributed by atoms with Crippen molar-refractivity contribution in [1.82, 2.24) is 5.32 Å². The number of hydrogen-bond acceptors (Lipinski definition) is 3. The van der Waals surface area contributed by atoms with Crippen molar-refractivity contribution in [2.24, 2.45) is 5.92 Å². The number of aliphatic hydroxyl groups excluding tert-OH is 1. The van der Waals surface area contributed by atoms with Crippen molar-refractivity contribution in [2.45, 2.75) is 38.6 Å². The van der Waals surface area contributed by atoms with Crippen molar-refractivity contribution in [3.05, 3.63) is 0 Å². The number of aliphatic hydroxyl groups is 1. The Morgan fingerprint density at radius 2 is 2.07 bits per heavy atom. The molecular formula is C11H21NO2S. The number of nitrogens with one attached hydrogen (secondary N) is 1. The molecule has 0 atom stereocenters. The standard InChI is InChI=1S/C11H21NO2S/c1-9-2-4-10(5-3-9)12-11(14)8-15-7-6-13/h9-10,13H,2-8H2,1H3,(H,12,14). The van der Waals surface area contributed by atoms with Crippen LogP contribution in [-0.4, -0.2) is 35.2 Å². The molecule has 1 aliphatic carbocycles. The molecule has 15 heavy (non-hydrogen) atoms. The van der Waals surface area contributed by atoms with Gasteiger partial charge in [-0.1, -0.05) is 6.92 Å². The highest BCUT2D eigenvalue weighted by atomic mass is 32.2. The smallest absolute Gasteiger partial charge is 0.230 e. The zero-order chi connectivity index (χ0) is 11.1. The molecular weight excluding hydrogens is 210 g/mol. The summed E-state index contributed by atoms with van der Waals surface area (Å²) in [4.78, 5) is 11.5. The van der Waals surface area contributed by atoms with E-state index in [2.05, 4.69) is 12.2 Å². The van der Waals surface area contributed by atoms with Gasteiger partial charge in [-0.2, -0.15) is 0 Å². The first-order valence-electron chi connectivity index (χ1n) is 5.70. The summed E-state index contributed by atoms with van der Waals surface area (Å²) in [6.45, 7) is 2.42. The van der Waals surface area contributed by atoms with Crippen LogP contribution in [0.5, 0.6) is 0 Å². The van der Waals surface area contributed by atoms with Gasteiger partial charge in [0.15, 0.2) is 0 Å². The van der Waals surface area contributed by atoms with Gasteiger partial charge in [-0.05, 0) is 31.6 Å². The van der Waals surface area contributed by atoms with Crippen LogP contribution in [0.3, 0.4) is 0 Å². The molecule has 0 saturated heterocycles. The molecule has 0 bridgehead atoms. The van der Waals surface area contributed by atoms with Crippen LogP contribution in [0.4, 0.5) is 0 Å². The minimum Gasteiger partial charge on any atom is -0.396 e. The number of thioether (sulfide) groups is 1. The monoisotopic (exact) mass is 231 g/mol. The summed E-state index contributed by atoms with van der Waals surface area (Å²) in [6.07, 6.45) is 4.71. The van der Waals surface area contributed by atoms with Crippen LogP contribution in [0.1, 0.15) is 32.6 Å². The molecule has 0 aliphatic heterocycles. The molecule has 1 saturated carbocycles. The predicted octanol–water partition coefficient (Wildman–Crippen LogP) is 1.41. The molecule has 0 aromatic rings. The Morgan fingerprint density at radius 1 is 1.40 bits per heavy atom. The van der Waals surface area contributed by atoms with E-state index in [4.69, 9.17) is 5.11 Å². The summed E-state index contributed by atoms with van der Waals surface area (Å²) in [5, 5.41) is 11.6. The van der Waals surface area contributed by atoms with E-state index in [1.54, 1.807) is 0 Å². The lowest BCUT2D eigenvalue weighted by atomic mass is 9.87. The van der Waals surface area contributed by atoms with E-state index in [0.717, 1.165) is 18.8 Å². The van der Waals surface area contributed by atoms with Crippen molar-refractivity contribution < 1.29 is 9.90 Å². The third-order valence-electron chi connectivity index (χ3n) is 2.85. The minimum absolute atomic E-state index is 0.119. The normalized spacial score (nSPS) is 26.3. The second-order valence-corrected chi connectivity index (χ2v) is 5.41. The number of rotatable bonds is 5. The Kier molecular flexibility index (Phi) is 6.10. The third-order valence-corrected chi connectivity index (χ3v) is 3.79. The molecule has 0 spiro atoms. The molecule has 1 rings (SSSR count). The van der Waals surface area contributed by atoms with E-state index in [1.165, 1.54) is 24.6 Å². The highest BCUT2D eigenvalue weighted by Gasteiger charge is 2.19. The minimum atomic E-state index is 0.119. The Hall–Kier alpha value is -0.220. The molecule has 0 aromatic heterocycles. The highest BCUT2D eigenvalue weighted by Crippen LogP contribution is 2.23. The average Bonchev–Trinajstić information content (AvgIpc) is 2.22. The van der Waals surface area contributed by atoms with E-state index in [1.807, 2.05) is 0 Å². The van der Waals surface area contributed by atoms with Gasteiger partial charge < -0.3 is 10.4 Å². The lowest BCUT2D eigenvalue weighted by Crippen LogP contribution is -2.38. The molecule has 1 aliphatic rings. The van der Waals surface area contributed by atoms with Crippen LogP contribution in [0.15, 0.2) is 0 Å². The topological polar surface area (TPSA) is 49.3 Å². The van der Waals surface area contributed by atoms with Crippen molar-refractivity contribution in [3.8, 4) is 0 Å². The van der Waals surface area contributed by atoms with Gasteiger partial charge in [0.05, 0.1) is 12.4 Å². The Morgan fingerprint density at radius 3 is 2.67 bits per heavy atom. The van der Waals surface area contributed by atoms with Gasteiger partial charge in [-0.15, -0.1) is 11.8 Å². The molecule has 0 aromatic carbocycles. The van der Waals surface area contributed by atoms with E-state index >= 15 is 0 Å². The fourth-order valence-corrected chi connectivity index (χ4v) is 2.45. The maximum Gasteiger partial charge on any atom is 0.230 e. The highest BCUT2D eigenvalue weighted by molar-refractivity contribution is 7.99. The lowest BCUT2D eigenvalue weighted by molar-refractivity contribution is -0.119. The van der Waals surface area contributed by atoms with Gasteiger partial charge in [-0.25, -0.2) is 0 Å². The summed E-state index contributed by atoms with van der Waals surface area (Å²) in [5.41, 5.74) is 0. The quantitative estimate of drug-likeness (QED) is 0.703.